The van der Waals surface area contributed by atoms with Crippen LogP contribution in [0.4, 0.5) is 0 Å². The minimum Gasteiger partial charge on any atom is -0.359 e. The molecule has 1 aliphatic carbocycles. The van der Waals surface area contributed by atoms with E-state index in [1.54, 1.807) is 24.8 Å². The summed E-state index contributed by atoms with van der Waals surface area (Å²) in [5, 5.41) is 0. The molecule has 2 rings (SSSR count). The number of hydrogen-bond acceptors (Lipinski definition) is 2. The molecule has 1 aliphatic heterocycles. The Morgan fingerprint density at radius 2 is 2.27 bits per heavy atom. The van der Waals surface area contributed by atoms with E-state index in [1.807, 2.05) is 6.08 Å². The van der Waals surface area contributed by atoms with Crippen molar-refractivity contribution < 1.29 is 9.53 Å². The smallest absolute Gasteiger partial charge is 0.178 e. The first-order valence-electron chi connectivity index (χ1n) is 3.45. The molecule has 1 unspecified atom stereocenters. The van der Waals surface area contributed by atoms with Gasteiger partial charge in [0.05, 0.1) is 0 Å². The summed E-state index contributed by atoms with van der Waals surface area (Å²) in [6, 6.07) is 0. The van der Waals surface area contributed by atoms with Crippen LogP contribution >= 0.6 is 0 Å². The molecule has 0 aromatic heterocycles. The molecule has 1 heterocycles. The van der Waals surface area contributed by atoms with Gasteiger partial charge in [0.2, 0.25) is 0 Å². The number of allylic oxidation sites excluding steroid dienone is 2. The molecule has 2 aliphatic rings. The van der Waals surface area contributed by atoms with Crippen molar-refractivity contribution in [3.05, 3.63) is 42.6 Å². The summed E-state index contributed by atoms with van der Waals surface area (Å²) in [5.41, 5.74) is 0.931. The fourth-order valence-electron chi connectivity index (χ4n) is 1.14. The zero-order chi connectivity index (χ0) is 7.68. The summed E-state index contributed by atoms with van der Waals surface area (Å²) in [4.78, 5) is 10.9. The summed E-state index contributed by atoms with van der Waals surface area (Å²) < 4.78 is 5.21. The molecule has 0 N–H and O–H groups in total. The van der Waals surface area contributed by atoms with Gasteiger partial charge in [-0.2, -0.15) is 0 Å². The van der Waals surface area contributed by atoms with Gasteiger partial charge in [-0.05, 0) is 23.8 Å². The average molecular weight is 147 g/mol. The van der Waals surface area contributed by atoms with Crippen molar-refractivity contribution in [1.82, 2.24) is 0 Å². The van der Waals surface area contributed by atoms with Crippen LogP contribution in [0, 0.1) is 6.61 Å². The predicted molar refractivity (Wildman–Crippen MR) is 40.5 cm³/mol. The Morgan fingerprint density at radius 1 is 1.36 bits per heavy atom. The third-order valence-electron chi connectivity index (χ3n) is 1.67. The molecule has 0 aromatic rings. The Kier molecular flexibility index (Phi) is 1.47. The van der Waals surface area contributed by atoms with Crippen molar-refractivity contribution in [3.63, 3.8) is 0 Å². The average Bonchev–Trinajstić information content (AvgIpc) is 2.04. The Balaban J connectivity index is 2.33. The van der Waals surface area contributed by atoms with Gasteiger partial charge in [0.1, 0.15) is 12.7 Å². The van der Waals surface area contributed by atoms with Crippen LogP contribution in [0.5, 0.6) is 0 Å². The van der Waals surface area contributed by atoms with E-state index >= 15 is 0 Å². The van der Waals surface area contributed by atoms with Gasteiger partial charge in [0, 0.05) is 0 Å². The summed E-state index contributed by atoms with van der Waals surface area (Å²) >= 11 is 0. The van der Waals surface area contributed by atoms with Crippen LogP contribution in [-0.4, -0.2) is 11.9 Å². The Hall–Kier alpha value is -1.15. The van der Waals surface area contributed by atoms with E-state index in [9.17, 15) is 4.79 Å². The second-order valence-corrected chi connectivity index (χ2v) is 2.46. The molecule has 1 atom stereocenters. The molecule has 55 valence electrons. The SMILES string of the molecule is O=C1C=CC2O[CH]C=CC2=C1. The van der Waals surface area contributed by atoms with Crippen LogP contribution in [0.3, 0.4) is 0 Å². The number of ketones is 1. The normalized spacial score (nSPS) is 28.2. The maximum absolute atomic E-state index is 10.9. The van der Waals surface area contributed by atoms with E-state index in [0.29, 0.717) is 0 Å². The summed E-state index contributed by atoms with van der Waals surface area (Å²) in [7, 11) is 0. The molecular weight excluding hydrogens is 140 g/mol. The highest BCUT2D eigenvalue weighted by molar-refractivity contribution is 6.01. The lowest BCUT2D eigenvalue weighted by atomic mass is 10.0. The van der Waals surface area contributed by atoms with Crippen LogP contribution in [0.25, 0.3) is 0 Å². The van der Waals surface area contributed by atoms with Crippen molar-refractivity contribution >= 4 is 5.78 Å². The van der Waals surface area contributed by atoms with E-state index in [4.69, 9.17) is 4.74 Å². The first-order chi connectivity index (χ1) is 5.36. The topological polar surface area (TPSA) is 26.3 Å². The van der Waals surface area contributed by atoms with Crippen LogP contribution in [0.2, 0.25) is 0 Å². The molecule has 0 saturated heterocycles. The quantitative estimate of drug-likeness (QED) is 0.514. The fourth-order valence-corrected chi connectivity index (χ4v) is 1.14. The first kappa shape index (κ1) is 6.55. The molecule has 11 heavy (non-hydrogen) atoms. The minimum atomic E-state index is -0.0438. The van der Waals surface area contributed by atoms with Crippen LogP contribution in [0.1, 0.15) is 0 Å². The van der Waals surface area contributed by atoms with Gasteiger partial charge < -0.3 is 4.74 Å². The third kappa shape index (κ3) is 1.17. The number of ether oxygens (including phenoxy) is 1. The number of hydrogen-bond donors (Lipinski definition) is 0. The number of rotatable bonds is 0. The zero-order valence-electron chi connectivity index (χ0n) is 5.86. The molecule has 0 fully saturated rings. The molecule has 2 heteroatoms. The van der Waals surface area contributed by atoms with Gasteiger partial charge in [0.15, 0.2) is 5.78 Å². The van der Waals surface area contributed by atoms with Gasteiger partial charge in [-0.25, -0.2) is 0 Å². The van der Waals surface area contributed by atoms with Gasteiger partial charge in [0.25, 0.3) is 0 Å². The molecule has 1 radical (unpaired) electrons. The lowest BCUT2D eigenvalue weighted by Gasteiger charge is -2.19. The van der Waals surface area contributed by atoms with Crippen LogP contribution in [-0.2, 0) is 9.53 Å². The highest BCUT2D eigenvalue weighted by Crippen LogP contribution is 2.19. The third-order valence-corrected chi connectivity index (χ3v) is 1.67. The molecule has 0 aromatic carbocycles. The highest BCUT2D eigenvalue weighted by atomic mass is 16.5. The summed E-state index contributed by atoms with van der Waals surface area (Å²) in [6.07, 6.45) is 8.51. The van der Waals surface area contributed by atoms with E-state index in [-0.39, 0.29) is 11.9 Å². The highest BCUT2D eigenvalue weighted by Gasteiger charge is 2.17. The molecule has 0 bridgehead atoms. The van der Waals surface area contributed by atoms with E-state index in [2.05, 4.69) is 0 Å². The number of carbonyl (C=O) groups is 1. The fraction of sp³-hybridized carbons (Fsp3) is 0.111. The molecule has 0 amide bonds. The molecule has 0 spiro atoms. The predicted octanol–water partition coefficient (Wildman–Crippen LogP) is 1.17. The van der Waals surface area contributed by atoms with E-state index in [1.165, 1.54) is 6.08 Å². The van der Waals surface area contributed by atoms with Crippen molar-refractivity contribution in [1.29, 1.82) is 0 Å². The number of carbonyl (C=O) groups excluding carboxylic acids is 1. The largest absolute Gasteiger partial charge is 0.359 e. The lowest BCUT2D eigenvalue weighted by molar-refractivity contribution is -0.110. The van der Waals surface area contributed by atoms with E-state index in [0.717, 1.165) is 5.57 Å². The van der Waals surface area contributed by atoms with Gasteiger partial charge in [-0.15, -0.1) is 0 Å². The first-order valence-corrected chi connectivity index (χ1v) is 3.45. The van der Waals surface area contributed by atoms with Crippen molar-refractivity contribution in [2.45, 2.75) is 6.10 Å². The second-order valence-electron chi connectivity index (χ2n) is 2.46. The standard InChI is InChI=1S/C9H7O2/c10-8-3-4-9-7(6-8)2-1-5-11-9/h1-6,9H. The van der Waals surface area contributed by atoms with Gasteiger partial charge in [-0.1, -0.05) is 12.2 Å². The Morgan fingerprint density at radius 3 is 3.18 bits per heavy atom. The van der Waals surface area contributed by atoms with Crippen LogP contribution < -0.4 is 0 Å². The maximum atomic E-state index is 10.9. The monoisotopic (exact) mass is 147 g/mol. The zero-order valence-corrected chi connectivity index (χ0v) is 5.86. The van der Waals surface area contributed by atoms with Gasteiger partial charge >= 0.3 is 0 Å². The van der Waals surface area contributed by atoms with Gasteiger partial charge in [-0.3, -0.25) is 4.79 Å². The van der Waals surface area contributed by atoms with Crippen molar-refractivity contribution in [2.75, 3.05) is 0 Å². The van der Waals surface area contributed by atoms with Crippen molar-refractivity contribution in [3.8, 4) is 0 Å². The second kappa shape index (κ2) is 2.47. The lowest BCUT2D eigenvalue weighted by Crippen LogP contribution is -2.17. The molecule has 2 nitrogen and oxygen atoms in total. The minimum absolute atomic E-state index is 0.0337. The summed E-state index contributed by atoms with van der Waals surface area (Å²) in [5.74, 6) is 0.0337. The molecule has 0 saturated carbocycles. The van der Waals surface area contributed by atoms with Crippen LogP contribution in [0.15, 0.2) is 36.0 Å². The summed E-state index contributed by atoms with van der Waals surface area (Å²) in [6.45, 7) is 1.63. The Labute approximate surface area is 64.9 Å². The number of fused-ring (bicyclic) bond motifs is 1. The maximum Gasteiger partial charge on any atom is 0.178 e. The molecular formula is C9H7O2. The Bertz CT molecular complexity index is 271. The van der Waals surface area contributed by atoms with Crippen molar-refractivity contribution in [2.24, 2.45) is 0 Å². The van der Waals surface area contributed by atoms with E-state index < -0.39 is 0 Å².